The van der Waals surface area contributed by atoms with Crippen LogP contribution in [-0.4, -0.2) is 61.1 Å². The molecule has 0 aliphatic rings. The second kappa shape index (κ2) is 12.5. The lowest BCUT2D eigenvalue weighted by atomic mass is 10.2. The molecule has 0 bridgehead atoms. The molecule has 0 spiro atoms. The van der Waals surface area contributed by atoms with Crippen molar-refractivity contribution in [3.63, 3.8) is 0 Å². The van der Waals surface area contributed by atoms with Crippen LogP contribution in [0.1, 0.15) is 12.3 Å². The minimum absolute atomic E-state index is 0.288. The summed E-state index contributed by atoms with van der Waals surface area (Å²) >= 11 is 1.54. The molecule has 1 aromatic heterocycles. The van der Waals surface area contributed by atoms with Gasteiger partial charge < -0.3 is 23.5 Å². The molecule has 0 N–H and O–H groups in total. The molecule has 0 aliphatic heterocycles. The number of thioether (sulfide) groups is 1. The summed E-state index contributed by atoms with van der Waals surface area (Å²) < 4.78 is 57.3. The highest BCUT2D eigenvalue weighted by Crippen LogP contribution is 2.25. The maximum atomic E-state index is 12.2. The number of nitrogens with zero attached hydrogens (tertiary/aromatic N) is 3. The number of aromatic nitrogens is 2. The van der Waals surface area contributed by atoms with Crippen molar-refractivity contribution in [2.75, 3.05) is 39.6 Å². The third kappa shape index (κ3) is 9.14. The standard InChI is InChI=1S/C23H26F3N3O4S/c1-29(2)12-3-13-30-18-6-4-17(5-7-18)22-28-27-21(32-22)16-34-15-14-31-19-8-10-20(11-9-19)33-23(24,25)26/h4-11H,3,12-16H2,1-2H3. The monoisotopic (exact) mass is 497 g/mol. The molecule has 0 fully saturated rings. The van der Waals surface area contributed by atoms with Gasteiger partial charge in [0.25, 0.3) is 0 Å². The van der Waals surface area contributed by atoms with Crippen LogP contribution in [0.2, 0.25) is 0 Å². The summed E-state index contributed by atoms with van der Waals surface area (Å²) in [5, 5.41) is 8.16. The number of ether oxygens (including phenoxy) is 3. The normalized spacial score (nSPS) is 11.6. The molecule has 1 heterocycles. The topological polar surface area (TPSA) is 69.9 Å². The molecule has 3 aromatic rings. The Kier molecular flexibility index (Phi) is 9.46. The number of rotatable bonds is 13. The zero-order valence-electron chi connectivity index (χ0n) is 18.9. The van der Waals surface area contributed by atoms with E-state index in [-0.39, 0.29) is 5.75 Å². The summed E-state index contributed by atoms with van der Waals surface area (Å²) in [5.74, 6) is 3.05. The van der Waals surface area contributed by atoms with E-state index >= 15 is 0 Å². The number of hydrogen-bond donors (Lipinski definition) is 0. The highest BCUT2D eigenvalue weighted by molar-refractivity contribution is 7.98. The van der Waals surface area contributed by atoms with Crippen molar-refractivity contribution in [1.29, 1.82) is 0 Å². The van der Waals surface area contributed by atoms with E-state index in [1.807, 2.05) is 38.4 Å². The summed E-state index contributed by atoms with van der Waals surface area (Å²) in [5.41, 5.74) is 0.811. The minimum Gasteiger partial charge on any atom is -0.494 e. The molecule has 0 atom stereocenters. The molecule has 0 saturated heterocycles. The van der Waals surface area contributed by atoms with Crippen LogP contribution >= 0.6 is 11.8 Å². The summed E-state index contributed by atoms with van der Waals surface area (Å²) in [6.45, 7) is 2.00. The number of alkyl halides is 3. The molecular weight excluding hydrogens is 471 g/mol. The highest BCUT2D eigenvalue weighted by atomic mass is 32.2. The zero-order chi connectivity index (χ0) is 24.4. The molecule has 0 amide bonds. The van der Waals surface area contributed by atoms with E-state index in [0.29, 0.717) is 42.3 Å². The summed E-state index contributed by atoms with van der Waals surface area (Å²) in [6.07, 6.45) is -3.76. The second-order valence-corrected chi connectivity index (χ2v) is 8.56. The first kappa shape index (κ1) is 25.7. The molecule has 11 heteroatoms. The van der Waals surface area contributed by atoms with Crippen molar-refractivity contribution >= 4 is 11.8 Å². The summed E-state index contributed by atoms with van der Waals surface area (Å²) in [6, 6.07) is 12.8. The van der Waals surface area contributed by atoms with E-state index in [1.54, 1.807) is 11.8 Å². The third-order valence-corrected chi connectivity index (χ3v) is 5.27. The lowest BCUT2D eigenvalue weighted by Gasteiger charge is -2.10. The molecule has 7 nitrogen and oxygen atoms in total. The van der Waals surface area contributed by atoms with Crippen molar-refractivity contribution in [3.8, 4) is 28.7 Å². The van der Waals surface area contributed by atoms with Crippen LogP contribution in [-0.2, 0) is 5.75 Å². The van der Waals surface area contributed by atoms with Crippen molar-refractivity contribution in [3.05, 3.63) is 54.4 Å². The van der Waals surface area contributed by atoms with Crippen LogP contribution in [0, 0.1) is 0 Å². The predicted molar refractivity (Wildman–Crippen MR) is 123 cm³/mol. The lowest BCUT2D eigenvalue weighted by Crippen LogP contribution is -2.16. The van der Waals surface area contributed by atoms with Gasteiger partial charge in [-0.05, 0) is 69.0 Å². The van der Waals surface area contributed by atoms with Gasteiger partial charge in [0, 0.05) is 17.9 Å². The summed E-state index contributed by atoms with van der Waals surface area (Å²) in [4.78, 5) is 2.11. The van der Waals surface area contributed by atoms with Crippen LogP contribution in [0.25, 0.3) is 11.5 Å². The van der Waals surface area contributed by atoms with Crippen molar-refractivity contribution in [2.45, 2.75) is 18.5 Å². The van der Waals surface area contributed by atoms with Gasteiger partial charge in [0.15, 0.2) is 0 Å². The third-order valence-electron chi connectivity index (χ3n) is 4.37. The smallest absolute Gasteiger partial charge is 0.494 e. The SMILES string of the molecule is CN(C)CCCOc1ccc(-c2nnc(CSCCOc3ccc(OC(F)(F)F)cc3)o2)cc1. The molecule has 184 valence electrons. The van der Waals surface area contributed by atoms with Crippen LogP contribution in [0.15, 0.2) is 52.9 Å². The Balaban J connectivity index is 1.36. The molecule has 0 unspecified atom stereocenters. The van der Waals surface area contributed by atoms with Gasteiger partial charge in [0.1, 0.15) is 17.2 Å². The van der Waals surface area contributed by atoms with E-state index < -0.39 is 6.36 Å². The Labute approximate surface area is 200 Å². The molecule has 3 rings (SSSR count). The Morgan fingerprint density at radius 2 is 1.50 bits per heavy atom. The lowest BCUT2D eigenvalue weighted by molar-refractivity contribution is -0.274. The maximum absolute atomic E-state index is 12.2. The molecule has 0 saturated carbocycles. The number of benzene rings is 2. The van der Waals surface area contributed by atoms with E-state index in [0.717, 1.165) is 24.3 Å². The van der Waals surface area contributed by atoms with Crippen LogP contribution in [0.5, 0.6) is 17.2 Å². The molecule has 0 aliphatic carbocycles. The molecule has 2 aromatic carbocycles. The minimum atomic E-state index is -4.71. The number of halogens is 3. The molecular formula is C23H26F3N3O4S. The van der Waals surface area contributed by atoms with Crippen molar-refractivity contribution in [2.24, 2.45) is 0 Å². The van der Waals surface area contributed by atoms with Gasteiger partial charge in [-0.15, -0.1) is 35.1 Å². The van der Waals surface area contributed by atoms with Gasteiger partial charge in [-0.1, -0.05) is 0 Å². The quantitative estimate of drug-likeness (QED) is 0.296. The Morgan fingerprint density at radius 3 is 2.15 bits per heavy atom. The zero-order valence-corrected chi connectivity index (χ0v) is 19.7. The Hall–Kier alpha value is -2.92. The maximum Gasteiger partial charge on any atom is 0.573 e. The van der Waals surface area contributed by atoms with Gasteiger partial charge >= 0.3 is 6.36 Å². The average molecular weight is 498 g/mol. The Bertz CT molecular complexity index is 996. The van der Waals surface area contributed by atoms with Gasteiger partial charge in [0.2, 0.25) is 11.8 Å². The first-order valence-electron chi connectivity index (χ1n) is 10.6. The fourth-order valence-corrected chi connectivity index (χ4v) is 3.45. The van der Waals surface area contributed by atoms with Crippen molar-refractivity contribution < 1.29 is 31.8 Å². The van der Waals surface area contributed by atoms with Gasteiger partial charge in [-0.25, -0.2) is 0 Å². The van der Waals surface area contributed by atoms with Crippen LogP contribution in [0.3, 0.4) is 0 Å². The van der Waals surface area contributed by atoms with Gasteiger partial charge in [0.05, 0.1) is 19.0 Å². The van der Waals surface area contributed by atoms with Gasteiger partial charge in [-0.3, -0.25) is 0 Å². The highest BCUT2D eigenvalue weighted by Gasteiger charge is 2.30. The fourth-order valence-electron chi connectivity index (χ4n) is 2.81. The van der Waals surface area contributed by atoms with E-state index in [9.17, 15) is 13.2 Å². The van der Waals surface area contributed by atoms with E-state index in [4.69, 9.17) is 13.9 Å². The first-order chi connectivity index (χ1) is 16.3. The molecule has 0 radical (unpaired) electrons. The second-order valence-electron chi connectivity index (χ2n) is 7.45. The van der Waals surface area contributed by atoms with Gasteiger partial charge in [-0.2, -0.15) is 0 Å². The fraction of sp³-hybridized carbons (Fsp3) is 0.391. The summed E-state index contributed by atoms with van der Waals surface area (Å²) in [7, 11) is 4.06. The van der Waals surface area contributed by atoms with E-state index in [2.05, 4.69) is 19.8 Å². The van der Waals surface area contributed by atoms with E-state index in [1.165, 1.54) is 24.3 Å². The number of hydrogen-bond acceptors (Lipinski definition) is 8. The molecule has 34 heavy (non-hydrogen) atoms. The Morgan fingerprint density at radius 1 is 0.882 bits per heavy atom. The predicted octanol–water partition coefficient (Wildman–Crippen LogP) is 5.28. The first-order valence-corrected chi connectivity index (χ1v) is 11.7. The van der Waals surface area contributed by atoms with Crippen LogP contribution in [0.4, 0.5) is 13.2 Å². The average Bonchev–Trinajstić information content (AvgIpc) is 3.26. The van der Waals surface area contributed by atoms with Crippen molar-refractivity contribution in [1.82, 2.24) is 15.1 Å². The van der Waals surface area contributed by atoms with Crippen LogP contribution < -0.4 is 14.2 Å². The largest absolute Gasteiger partial charge is 0.573 e.